The number of para-hydroxylation sites is 1. The summed E-state index contributed by atoms with van der Waals surface area (Å²) in [7, 11) is -4.03. The van der Waals surface area contributed by atoms with E-state index in [1.165, 1.54) is 18.5 Å². The number of rotatable bonds is 6. The van der Waals surface area contributed by atoms with Crippen LogP contribution in [0.5, 0.6) is 0 Å². The highest BCUT2D eigenvalue weighted by Gasteiger charge is 2.25. The topological polar surface area (TPSA) is 107 Å². The number of nitrogens with one attached hydrogen (secondary N) is 1. The predicted molar refractivity (Wildman–Crippen MR) is 113 cm³/mol. The highest BCUT2D eigenvalue weighted by molar-refractivity contribution is 7.90. The second-order valence-electron chi connectivity index (χ2n) is 7.32. The van der Waals surface area contributed by atoms with Crippen molar-refractivity contribution in [1.82, 2.24) is 14.3 Å². The number of anilines is 1. The standard InChI is InChI=1S/C21H24N4O3S/c1-14(2)12-25-13-23-19(20(25)17-6-4-5-7-18(17)22)21(26)24-29(27,28)16-10-8-15(3)9-11-16/h4-11,13-14H,12,22H2,1-3H3,(H,24,26). The number of nitrogen functional groups attached to an aromatic ring is 1. The van der Waals surface area contributed by atoms with Crippen LogP contribution in [0.15, 0.2) is 59.8 Å². The van der Waals surface area contributed by atoms with Crippen molar-refractivity contribution < 1.29 is 13.2 Å². The Morgan fingerprint density at radius 2 is 1.79 bits per heavy atom. The molecule has 0 aliphatic heterocycles. The number of aryl methyl sites for hydroxylation is 1. The van der Waals surface area contributed by atoms with E-state index in [0.29, 0.717) is 29.4 Å². The molecule has 0 fully saturated rings. The monoisotopic (exact) mass is 412 g/mol. The van der Waals surface area contributed by atoms with Crippen molar-refractivity contribution in [3.63, 3.8) is 0 Å². The minimum atomic E-state index is -4.03. The molecule has 8 heteroatoms. The molecular weight excluding hydrogens is 388 g/mol. The fourth-order valence-corrected chi connectivity index (χ4v) is 3.97. The van der Waals surface area contributed by atoms with Crippen LogP contribution in [0, 0.1) is 12.8 Å². The SMILES string of the molecule is Cc1ccc(S(=O)(=O)NC(=O)c2ncn(CC(C)C)c2-c2ccccc2N)cc1. The Labute approximate surface area is 170 Å². The molecule has 1 aromatic heterocycles. The van der Waals surface area contributed by atoms with E-state index in [0.717, 1.165) is 5.56 Å². The van der Waals surface area contributed by atoms with Crippen molar-refractivity contribution in [2.24, 2.45) is 5.92 Å². The highest BCUT2D eigenvalue weighted by Crippen LogP contribution is 2.29. The van der Waals surface area contributed by atoms with Gasteiger partial charge in [-0.25, -0.2) is 18.1 Å². The molecule has 152 valence electrons. The van der Waals surface area contributed by atoms with Gasteiger partial charge in [0.05, 0.1) is 16.9 Å². The van der Waals surface area contributed by atoms with Gasteiger partial charge in [-0.05, 0) is 31.0 Å². The number of nitrogens with zero attached hydrogens (tertiary/aromatic N) is 2. The number of aromatic nitrogens is 2. The normalized spacial score (nSPS) is 11.6. The Balaban J connectivity index is 2.02. The summed E-state index contributed by atoms with van der Waals surface area (Å²) < 4.78 is 29.2. The number of sulfonamides is 1. The molecule has 3 rings (SSSR count). The third kappa shape index (κ3) is 4.48. The number of benzene rings is 2. The van der Waals surface area contributed by atoms with E-state index in [2.05, 4.69) is 9.71 Å². The molecule has 0 aliphatic carbocycles. The first-order chi connectivity index (χ1) is 13.7. The van der Waals surface area contributed by atoms with E-state index in [9.17, 15) is 13.2 Å². The average molecular weight is 413 g/mol. The molecule has 0 bridgehead atoms. The van der Waals surface area contributed by atoms with Gasteiger partial charge in [0.25, 0.3) is 15.9 Å². The van der Waals surface area contributed by atoms with Crippen molar-refractivity contribution in [1.29, 1.82) is 0 Å². The minimum Gasteiger partial charge on any atom is -0.398 e. The van der Waals surface area contributed by atoms with Crippen molar-refractivity contribution >= 4 is 21.6 Å². The molecule has 0 unspecified atom stereocenters. The lowest BCUT2D eigenvalue weighted by atomic mass is 10.1. The molecule has 0 atom stereocenters. The molecule has 2 aromatic carbocycles. The Morgan fingerprint density at radius 3 is 2.41 bits per heavy atom. The van der Waals surface area contributed by atoms with E-state index in [-0.39, 0.29) is 10.6 Å². The molecule has 29 heavy (non-hydrogen) atoms. The van der Waals surface area contributed by atoms with Crippen LogP contribution in [0.1, 0.15) is 29.9 Å². The molecule has 3 aromatic rings. The summed E-state index contributed by atoms with van der Waals surface area (Å²) >= 11 is 0. The van der Waals surface area contributed by atoms with E-state index < -0.39 is 15.9 Å². The quantitative estimate of drug-likeness (QED) is 0.605. The van der Waals surface area contributed by atoms with Crippen LogP contribution in [0.25, 0.3) is 11.3 Å². The summed E-state index contributed by atoms with van der Waals surface area (Å²) in [5.74, 6) is -0.508. The van der Waals surface area contributed by atoms with Gasteiger partial charge >= 0.3 is 0 Å². The summed E-state index contributed by atoms with van der Waals surface area (Å²) in [5, 5.41) is 0. The maximum absolute atomic E-state index is 12.9. The van der Waals surface area contributed by atoms with Crippen molar-refractivity contribution in [3.8, 4) is 11.3 Å². The van der Waals surface area contributed by atoms with Gasteiger partial charge in [-0.15, -0.1) is 0 Å². The maximum Gasteiger partial charge on any atom is 0.285 e. The minimum absolute atomic E-state index is 0.0128. The van der Waals surface area contributed by atoms with Crippen molar-refractivity contribution in [3.05, 3.63) is 66.1 Å². The summed E-state index contributed by atoms with van der Waals surface area (Å²) in [6.07, 6.45) is 1.54. The molecule has 1 amide bonds. The molecule has 0 aliphatic rings. The Hall–Kier alpha value is -3.13. The van der Waals surface area contributed by atoms with Gasteiger partial charge in [0, 0.05) is 17.8 Å². The van der Waals surface area contributed by atoms with Gasteiger partial charge in [-0.1, -0.05) is 49.7 Å². The van der Waals surface area contributed by atoms with Gasteiger partial charge in [0.2, 0.25) is 0 Å². The number of carbonyl (C=O) groups excluding carboxylic acids is 1. The Kier molecular flexibility index (Phi) is 5.74. The van der Waals surface area contributed by atoms with Crippen LogP contribution in [0.4, 0.5) is 5.69 Å². The van der Waals surface area contributed by atoms with Crippen LogP contribution in [0.2, 0.25) is 0 Å². The fraction of sp³-hybridized carbons (Fsp3) is 0.238. The van der Waals surface area contributed by atoms with E-state index in [4.69, 9.17) is 5.73 Å². The second kappa shape index (κ2) is 8.08. The first kappa shape index (κ1) is 20.6. The number of carbonyl (C=O) groups is 1. The number of imidazole rings is 1. The summed E-state index contributed by atoms with van der Waals surface area (Å²) in [4.78, 5) is 17.1. The molecule has 1 heterocycles. The zero-order valence-electron chi connectivity index (χ0n) is 16.6. The fourth-order valence-electron chi connectivity index (χ4n) is 3.02. The zero-order valence-corrected chi connectivity index (χ0v) is 17.4. The van der Waals surface area contributed by atoms with Crippen LogP contribution >= 0.6 is 0 Å². The second-order valence-corrected chi connectivity index (χ2v) is 9.01. The van der Waals surface area contributed by atoms with E-state index in [1.54, 1.807) is 30.3 Å². The lowest BCUT2D eigenvalue weighted by molar-refractivity contribution is 0.0977. The first-order valence-electron chi connectivity index (χ1n) is 9.23. The third-order valence-electron chi connectivity index (χ3n) is 4.39. The molecule has 7 nitrogen and oxygen atoms in total. The lowest BCUT2D eigenvalue weighted by Gasteiger charge is -2.14. The Morgan fingerprint density at radius 1 is 1.14 bits per heavy atom. The van der Waals surface area contributed by atoms with E-state index >= 15 is 0 Å². The van der Waals surface area contributed by atoms with Crippen LogP contribution in [0.3, 0.4) is 0 Å². The summed E-state index contributed by atoms with van der Waals surface area (Å²) in [6.45, 7) is 6.54. The van der Waals surface area contributed by atoms with Gasteiger partial charge in [0.15, 0.2) is 5.69 Å². The highest BCUT2D eigenvalue weighted by atomic mass is 32.2. The molecule has 0 saturated carbocycles. The number of hydrogen-bond acceptors (Lipinski definition) is 5. The van der Waals surface area contributed by atoms with Crippen molar-refractivity contribution in [2.75, 3.05) is 5.73 Å². The van der Waals surface area contributed by atoms with Crippen LogP contribution in [-0.2, 0) is 16.6 Å². The van der Waals surface area contributed by atoms with Crippen LogP contribution < -0.4 is 10.5 Å². The van der Waals surface area contributed by atoms with Gasteiger partial charge in [0.1, 0.15) is 0 Å². The average Bonchev–Trinajstić information content (AvgIpc) is 3.05. The van der Waals surface area contributed by atoms with Gasteiger partial charge in [-0.2, -0.15) is 0 Å². The van der Waals surface area contributed by atoms with Gasteiger partial charge in [-0.3, -0.25) is 4.79 Å². The molecule has 3 N–H and O–H groups in total. The summed E-state index contributed by atoms with van der Waals surface area (Å²) in [6, 6.07) is 13.4. The molecular formula is C21H24N4O3S. The number of amides is 1. The maximum atomic E-state index is 12.9. The first-order valence-corrected chi connectivity index (χ1v) is 10.7. The number of nitrogens with two attached hydrogens (primary N) is 1. The van der Waals surface area contributed by atoms with E-state index in [1.807, 2.05) is 31.4 Å². The van der Waals surface area contributed by atoms with Crippen LogP contribution in [-0.4, -0.2) is 23.9 Å². The predicted octanol–water partition coefficient (Wildman–Crippen LogP) is 3.22. The zero-order chi connectivity index (χ0) is 21.2. The van der Waals surface area contributed by atoms with Gasteiger partial charge < -0.3 is 10.3 Å². The third-order valence-corrected chi connectivity index (χ3v) is 5.74. The Bertz CT molecular complexity index is 1130. The molecule has 0 saturated heterocycles. The lowest BCUT2D eigenvalue weighted by Crippen LogP contribution is -2.31. The largest absolute Gasteiger partial charge is 0.398 e. The molecule has 0 spiro atoms. The molecule has 0 radical (unpaired) electrons. The van der Waals surface area contributed by atoms with Crippen molar-refractivity contribution in [2.45, 2.75) is 32.2 Å². The summed E-state index contributed by atoms with van der Waals surface area (Å²) in [5.41, 5.74) is 8.66. The number of hydrogen-bond donors (Lipinski definition) is 2. The smallest absolute Gasteiger partial charge is 0.285 e.